The number of hydrogen-bond acceptors (Lipinski definition) is 4. The quantitative estimate of drug-likeness (QED) is 0.767. The Labute approximate surface area is 113 Å². The molecule has 1 fully saturated rings. The van der Waals surface area contributed by atoms with Crippen LogP contribution < -0.4 is 0 Å². The molecule has 1 aromatic carbocycles. The van der Waals surface area contributed by atoms with Crippen molar-refractivity contribution in [3.8, 4) is 0 Å². The van der Waals surface area contributed by atoms with Gasteiger partial charge in [-0.25, -0.2) is 0 Å². The summed E-state index contributed by atoms with van der Waals surface area (Å²) in [6, 6.07) is 10.0. The van der Waals surface area contributed by atoms with Crippen molar-refractivity contribution < 1.29 is 19.0 Å². The largest absolute Gasteiger partial charge is 0.436 e. The summed E-state index contributed by atoms with van der Waals surface area (Å²) in [7, 11) is 0. The van der Waals surface area contributed by atoms with Gasteiger partial charge in [-0.1, -0.05) is 37.3 Å². The van der Waals surface area contributed by atoms with E-state index < -0.39 is 6.29 Å². The fourth-order valence-electron chi connectivity index (χ4n) is 2.17. The van der Waals surface area contributed by atoms with Gasteiger partial charge in [-0.3, -0.25) is 4.79 Å². The molecule has 2 rings (SSSR count). The van der Waals surface area contributed by atoms with Crippen LogP contribution in [0.2, 0.25) is 0 Å². The van der Waals surface area contributed by atoms with Crippen LogP contribution in [0.15, 0.2) is 30.3 Å². The lowest BCUT2D eigenvalue weighted by Gasteiger charge is -2.15. The van der Waals surface area contributed by atoms with E-state index in [1.165, 1.54) is 6.92 Å². The Morgan fingerprint density at radius 2 is 2.11 bits per heavy atom. The second kappa shape index (κ2) is 6.68. The van der Waals surface area contributed by atoms with Crippen molar-refractivity contribution >= 4 is 5.97 Å². The monoisotopic (exact) mass is 264 g/mol. The zero-order valence-electron chi connectivity index (χ0n) is 11.4. The van der Waals surface area contributed by atoms with Crippen LogP contribution in [0.4, 0.5) is 0 Å². The standard InChI is InChI=1S/C15H20O4/c1-11-8-15(18-12(2)16)19-14(11)10-17-9-13-6-4-3-5-7-13/h3-7,11,14-15H,8-10H2,1-2H3/t11-,14-,15?/m0/s1. The van der Waals surface area contributed by atoms with Gasteiger partial charge >= 0.3 is 5.97 Å². The average Bonchev–Trinajstić information content (AvgIpc) is 2.70. The van der Waals surface area contributed by atoms with E-state index in [2.05, 4.69) is 6.92 Å². The first-order valence-electron chi connectivity index (χ1n) is 6.59. The number of benzene rings is 1. The van der Waals surface area contributed by atoms with E-state index >= 15 is 0 Å². The molecule has 0 amide bonds. The lowest BCUT2D eigenvalue weighted by Crippen LogP contribution is -2.22. The normalized spacial score (nSPS) is 26.3. The molecule has 19 heavy (non-hydrogen) atoms. The predicted octanol–water partition coefficient (Wildman–Crippen LogP) is 2.52. The molecule has 0 saturated carbocycles. The SMILES string of the molecule is CC(=O)OC1C[C@H](C)[C@H](COCc2ccccc2)O1. The topological polar surface area (TPSA) is 44.8 Å². The highest BCUT2D eigenvalue weighted by atomic mass is 16.7. The Bertz CT molecular complexity index is 404. The average molecular weight is 264 g/mol. The first-order chi connectivity index (χ1) is 9.15. The maximum Gasteiger partial charge on any atom is 0.304 e. The minimum atomic E-state index is -0.419. The molecule has 0 N–H and O–H groups in total. The lowest BCUT2D eigenvalue weighted by molar-refractivity contribution is -0.176. The van der Waals surface area contributed by atoms with Gasteiger partial charge in [-0.2, -0.15) is 0 Å². The maximum atomic E-state index is 10.9. The van der Waals surface area contributed by atoms with Crippen LogP contribution in [-0.2, 0) is 25.6 Å². The molecule has 0 radical (unpaired) electrons. The van der Waals surface area contributed by atoms with E-state index in [4.69, 9.17) is 14.2 Å². The van der Waals surface area contributed by atoms with Crippen molar-refractivity contribution in [2.24, 2.45) is 5.92 Å². The van der Waals surface area contributed by atoms with Crippen LogP contribution in [0.1, 0.15) is 25.8 Å². The van der Waals surface area contributed by atoms with Gasteiger partial charge < -0.3 is 14.2 Å². The van der Waals surface area contributed by atoms with Crippen molar-refractivity contribution in [2.45, 2.75) is 39.3 Å². The van der Waals surface area contributed by atoms with Gasteiger partial charge in [0.25, 0.3) is 0 Å². The highest BCUT2D eigenvalue weighted by Crippen LogP contribution is 2.27. The summed E-state index contributed by atoms with van der Waals surface area (Å²) >= 11 is 0. The fourth-order valence-corrected chi connectivity index (χ4v) is 2.17. The third-order valence-electron chi connectivity index (χ3n) is 3.22. The van der Waals surface area contributed by atoms with Crippen molar-refractivity contribution in [3.05, 3.63) is 35.9 Å². The first kappa shape index (κ1) is 14.0. The van der Waals surface area contributed by atoms with Gasteiger partial charge in [0, 0.05) is 13.3 Å². The first-order valence-corrected chi connectivity index (χ1v) is 6.59. The third-order valence-corrected chi connectivity index (χ3v) is 3.22. The van der Waals surface area contributed by atoms with Crippen molar-refractivity contribution in [3.63, 3.8) is 0 Å². The lowest BCUT2D eigenvalue weighted by atomic mass is 10.0. The van der Waals surface area contributed by atoms with Gasteiger partial charge in [0.15, 0.2) is 0 Å². The fraction of sp³-hybridized carbons (Fsp3) is 0.533. The number of ether oxygens (including phenoxy) is 3. The highest BCUT2D eigenvalue weighted by molar-refractivity contribution is 5.66. The van der Waals surface area contributed by atoms with Gasteiger partial charge in [0.2, 0.25) is 6.29 Å². The van der Waals surface area contributed by atoms with E-state index in [0.717, 1.165) is 12.0 Å². The van der Waals surface area contributed by atoms with Crippen LogP contribution in [-0.4, -0.2) is 25.0 Å². The number of carbonyl (C=O) groups excluding carboxylic acids is 1. The van der Waals surface area contributed by atoms with Crippen molar-refractivity contribution in [1.82, 2.24) is 0 Å². The van der Waals surface area contributed by atoms with E-state index in [1.54, 1.807) is 0 Å². The van der Waals surface area contributed by atoms with Gasteiger partial charge in [-0.15, -0.1) is 0 Å². The second-order valence-electron chi connectivity index (χ2n) is 4.93. The molecule has 3 atom stereocenters. The molecule has 1 aliphatic rings. The minimum absolute atomic E-state index is 0.00642. The van der Waals surface area contributed by atoms with Gasteiger partial charge in [0.1, 0.15) is 0 Å². The molecule has 1 unspecified atom stereocenters. The van der Waals surface area contributed by atoms with Gasteiger partial charge in [-0.05, 0) is 11.5 Å². The molecular formula is C15H20O4. The van der Waals surface area contributed by atoms with Crippen LogP contribution in [0.3, 0.4) is 0 Å². The summed E-state index contributed by atoms with van der Waals surface area (Å²) < 4.78 is 16.4. The molecule has 1 heterocycles. The number of hydrogen-bond donors (Lipinski definition) is 0. The van der Waals surface area contributed by atoms with E-state index in [-0.39, 0.29) is 12.1 Å². The molecule has 0 bridgehead atoms. The smallest absolute Gasteiger partial charge is 0.304 e. The molecule has 1 saturated heterocycles. The van der Waals surface area contributed by atoms with Crippen LogP contribution in [0.25, 0.3) is 0 Å². The van der Waals surface area contributed by atoms with E-state index in [1.807, 2.05) is 30.3 Å². The molecule has 0 aliphatic carbocycles. The molecule has 4 heteroatoms. The molecule has 0 spiro atoms. The summed E-state index contributed by atoms with van der Waals surface area (Å²) in [5.41, 5.74) is 1.14. The van der Waals surface area contributed by atoms with Crippen molar-refractivity contribution in [2.75, 3.05) is 6.61 Å². The number of esters is 1. The van der Waals surface area contributed by atoms with E-state index in [0.29, 0.717) is 19.1 Å². The van der Waals surface area contributed by atoms with Crippen molar-refractivity contribution in [1.29, 1.82) is 0 Å². The predicted molar refractivity (Wildman–Crippen MR) is 70.3 cm³/mol. The second-order valence-corrected chi connectivity index (χ2v) is 4.93. The summed E-state index contributed by atoms with van der Waals surface area (Å²) in [5, 5.41) is 0. The summed E-state index contributed by atoms with van der Waals surface area (Å²) in [6.45, 7) is 4.58. The molecule has 4 nitrogen and oxygen atoms in total. The molecular weight excluding hydrogens is 244 g/mol. The van der Waals surface area contributed by atoms with Crippen LogP contribution in [0.5, 0.6) is 0 Å². The molecule has 104 valence electrons. The summed E-state index contributed by atoms with van der Waals surface area (Å²) in [6.07, 6.45) is 0.310. The zero-order valence-corrected chi connectivity index (χ0v) is 11.4. The maximum absolute atomic E-state index is 10.9. The Hall–Kier alpha value is -1.39. The summed E-state index contributed by atoms with van der Waals surface area (Å²) in [4.78, 5) is 10.9. The highest BCUT2D eigenvalue weighted by Gasteiger charge is 2.34. The Morgan fingerprint density at radius 3 is 2.79 bits per heavy atom. The van der Waals surface area contributed by atoms with Crippen LogP contribution >= 0.6 is 0 Å². The third kappa shape index (κ3) is 4.33. The van der Waals surface area contributed by atoms with E-state index in [9.17, 15) is 4.79 Å². The number of rotatable bonds is 5. The minimum Gasteiger partial charge on any atom is -0.436 e. The van der Waals surface area contributed by atoms with Crippen LogP contribution in [0, 0.1) is 5.92 Å². The molecule has 1 aromatic rings. The molecule has 0 aromatic heterocycles. The number of carbonyl (C=O) groups is 1. The van der Waals surface area contributed by atoms with Gasteiger partial charge in [0.05, 0.1) is 19.3 Å². The molecule has 1 aliphatic heterocycles. The Morgan fingerprint density at radius 1 is 1.37 bits per heavy atom. The Balaban J connectivity index is 1.73. The zero-order chi connectivity index (χ0) is 13.7. The summed E-state index contributed by atoms with van der Waals surface area (Å²) in [5.74, 6) is 0.0307. The Kier molecular flexibility index (Phi) is 4.93.